The van der Waals surface area contributed by atoms with Gasteiger partial charge in [-0.3, -0.25) is 0 Å². The summed E-state index contributed by atoms with van der Waals surface area (Å²) in [6, 6.07) is 4.56. The van der Waals surface area contributed by atoms with Crippen LogP contribution in [0.5, 0.6) is 0 Å². The van der Waals surface area contributed by atoms with E-state index >= 15 is 0 Å². The van der Waals surface area contributed by atoms with E-state index in [2.05, 4.69) is 50.1 Å². The maximum absolute atomic E-state index is 4.30. The number of anilines is 1. The van der Waals surface area contributed by atoms with E-state index in [1.165, 1.54) is 11.1 Å². The molecule has 1 unspecified atom stereocenters. The first-order chi connectivity index (χ1) is 7.58. The Hall–Kier alpha value is -1.31. The summed E-state index contributed by atoms with van der Waals surface area (Å²) in [7, 11) is 0. The Morgan fingerprint density at radius 1 is 1.50 bits per heavy atom. The summed E-state index contributed by atoms with van der Waals surface area (Å²) in [5.74, 6) is 0.977. The van der Waals surface area contributed by atoms with Crippen molar-refractivity contribution < 1.29 is 0 Å². The molecule has 16 heavy (non-hydrogen) atoms. The zero-order valence-electron chi connectivity index (χ0n) is 10.7. The van der Waals surface area contributed by atoms with E-state index in [9.17, 15) is 0 Å². The fourth-order valence-corrected chi connectivity index (χ4v) is 1.56. The van der Waals surface area contributed by atoms with Crippen LogP contribution in [0.4, 0.5) is 5.82 Å². The molecule has 0 radical (unpaired) electrons. The molecule has 0 aliphatic rings. The first kappa shape index (κ1) is 12.8. The number of pyridine rings is 1. The molecule has 1 aromatic rings. The van der Waals surface area contributed by atoms with Crippen LogP contribution in [-0.4, -0.2) is 11.0 Å². The second-order valence-corrected chi connectivity index (χ2v) is 4.62. The van der Waals surface area contributed by atoms with E-state index < -0.39 is 0 Å². The number of aryl methyl sites for hydroxylation is 1. The van der Waals surface area contributed by atoms with Gasteiger partial charge in [-0.1, -0.05) is 11.6 Å². The zero-order chi connectivity index (χ0) is 12.0. The number of nitrogens with one attached hydrogen (secondary N) is 1. The Bertz CT molecular complexity index is 352. The van der Waals surface area contributed by atoms with Crippen molar-refractivity contribution in [3.63, 3.8) is 0 Å². The Kier molecular flexibility index (Phi) is 5.03. The molecule has 1 rings (SSSR count). The summed E-state index contributed by atoms with van der Waals surface area (Å²) >= 11 is 0. The van der Waals surface area contributed by atoms with Crippen LogP contribution in [0, 0.1) is 6.92 Å². The number of rotatable bonds is 5. The first-order valence-corrected chi connectivity index (χ1v) is 5.90. The Morgan fingerprint density at radius 2 is 2.25 bits per heavy atom. The molecule has 1 heterocycles. The number of aromatic nitrogens is 1. The lowest BCUT2D eigenvalue weighted by molar-refractivity contribution is 0.713. The van der Waals surface area contributed by atoms with E-state index in [1.54, 1.807) is 0 Å². The number of hydrogen-bond acceptors (Lipinski definition) is 2. The molecular weight excluding hydrogens is 196 g/mol. The fourth-order valence-electron chi connectivity index (χ4n) is 1.56. The van der Waals surface area contributed by atoms with Gasteiger partial charge in [0, 0.05) is 12.2 Å². The van der Waals surface area contributed by atoms with E-state index in [4.69, 9.17) is 0 Å². The van der Waals surface area contributed by atoms with Gasteiger partial charge in [-0.05, 0) is 58.2 Å². The maximum Gasteiger partial charge on any atom is 0.126 e. The lowest BCUT2D eigenvalue weighted by Crippen LogP contribution is -2.15. The molecule has 88 valence electrons. The molecule has 0 saturated heterocycles. The normalized spacial score (nSPS) is 12.0. The lowest BCUT2D eigenvalue weighted by Gasteiger charge is -2.13. The van der Waals surface area contributed by atoms with Gasteiger partial charge in [0.1, 0.15) is 5.82 Å². The molecule has 0 amide bonds. The largest absolute Gasteiger partial charge is 0.368 e. The van der Waals surface area contributed by atoms with E-state index in [1.807, 2.05) is 12.3 Å². The second kappa shape index (κ2) is 6.31. The van der Waals surface area contributed by atoms with Gasteiger partial charge in [0.05, 0.1) is 0 Å². The summed E-state index contributed by atoms with van der Waals surface area (Å²) in [4.78, 5) is 4.30. The highest BCUT2D eigenvalue weighted by atomic mass is 15.0. The quantitative estimate of drug-likeness (QED) is 0.757. The summed E-state index contributed by atoms with van der Waals surface area (Å²) in [5, 5.41) is 3.42. The molecular formula is C14H22N2. The van der Waals surface area contributed by atoms with Crippen molar-refractivity contribution >= 4 is 5.82 Å². The molecule has 2 heteroatoms. The molecule has 0 aromatic carbocycles. The molecule has 1 atom stereocenters. The van der Waals surface area contributed by atoms with Crippen LogP contribution < -0.4 is 5.32 Å². The average Bonchev–Trinajstić information content (AvgIpc) is 2.16. The molecule has 0 fully saturated rings. The Balaban J connectivity index is 2.39. The number of allylic oxidation sites excluding steroid dienone is 2. The smallest absolute Gasteiger partial charge is 0.126 e. The highest BCUT2D eigenvalue weighted by molar-refractivity contribution is 5.37. The van der Waals surface area contributed by atoms with Crippen LogP contribution in [0.3, 0.4) is 0 Å². The van der Waals surface area contributed by atoms with Crippen LogP contribution in [0.25, 0.3) is 0 Å². The summed E-state index contributed by atoms with van der Waals surface area (Å²) < 4.78 is 0. The van der Waals surface area contributed by atoms with Gasteiger partial charge in [-0.25, -0.2) is 4.98 Å². The van der Waals surface area contributed by atoms with Crippen LogP contribution in [-0.2, 0) is 0 Å². The second-order valence-electron chi connectivity index (χ2n) is 4.62. The maximum atomic E-state index is 4.30. The first-order valence-electron chi connectivity index (χ1n) is 5.90. The lowest BCUT2D eigenvalue weighted by atomic mass is 10.1. The van der Waals surface area contributed by atoms with Crippen LogP contribution >= 0.6 is 0 Å². The summed E-state index contributed by atoms with van der Waals surface area (Å²) in [6.45, 7) is 8.56. The predicted molar refractivity (Wildman–Crippen MR) is 70.7 cm³/mol. The van der Waals surface area contributed by atoms with Crippen molar-refractivity contribution in [3.8, 4) is 0 Å². The van der Waals surface area contributed by atoms with Gasteiger partial charge in [0.2, 0.25) is 0 Å². The molecule has 0 aliphatic carbocycles. The van der Waals surface area contributed by atoms with Gasteiger partial charge in [-0.2, -0.15) is 0 Å². The molecule has 0 bridgehead atoms. The minimum absolute atomic E-state index is 0.463. The van der Waals surface area contributed by atoms with Gasteiger partial charge < -0.3 is 5.32 Å². The van der Waals surface area contributed by atoms with Crippen molar-refractivity contribution in [1.82, 2.24) is 4.98 Å². The SMILES string of the molecule is CC(C)=CCCC(C)Nc1cc(C)ccn1. The Morgan fingerprint density at radius 3 is 2.88 bits per heavy atom. The summed E-state index contributed by atoms with van der Waals surface area (Å²) in [5.41, 5.74) is 2.63. The fraction of sp³-hybridized carbons (Fsp3) is 0.500. The topological polar surface area (TPSA) is 24.9 Å². The van der Waals surface area contributed by atoms with Crippen molar-refractivity contribution in [1.29, 1.82) is 0 Å². The van der Waals surface area contributed by atoms with Crippen molar-refractivity contribution in [3.05, 3.63) is 35.5 Å². The van der Waals surface area contributed by atoms with Crippen molar-refractivity contribution in [2.75, 3.05) is 5.32 Å². The Labute approximate surface area is 98.8 Å². The van der Waals surface area contributed by atoms with Gasteiger partial charge in [0.15, 0.2) is 0 Å². The third-order valence-electron chi connectivity index (χ3n) is 2.46. The minimum atomic E-state index is 0.463. The van der Waals surface area contributed by atoms with E-state index in [0.717, 1.165) is 18.7 Å². The highest BCUT2D eigenvalue weighted by Gasteiger charge is 2.01. The third kappa shape index (κ3) is 4.96. The van der Waals surface area contributed by atoms with Gasteiger partial charge in [0.25, 0.3) is 0 Å². The van der Waals surface area contributed by atoms with Crippen molar-refractivity contribution in [2.45, 2.75) is 46.6 Å². The van der Waals surface area contributed by atoms with Gasteiger partial charge in [-0.15, -0.1) is 0 Å². The van der Waals surface area contributed by atoms with Crippen LogP contribution in [0.1, 0.15) is 39.2 Å². The molecule has 0 saturated carbocycles. The molecule has 1 N–H and O–H groups in total. The molecule has 1 aromatic heterocycles. The predicted octanol–water partition coefficient (Wildman–Crippen LogP) is 3.94. The zero-order valence-corrected chi connectivity index (χ0v) is 10.7. The highest BCUT2D eigenvalue weighted by Crippen LogP contribution is 2.10. The van der Waals surface area contributed by atoms with Gasteiger partial charge >= 0.3 is 0 Å². The molecule has 0 spiro atoms. The summed E-state index contributed by atoms with van der Waals surface area (Å²) in [6.07, 6.45) is 6.39. The van der Waals surface area contributed by atoms with E-state index in [0.29, 0.717) is 6.04 Å². The van der Waals surface area contributed by atoms with E-state index in [-0.39, 0.29) is 0 Å². The van der Waals surface area contributed by atoms with Crippen LogP contribution in [0.2, 0.25) is 0 Å². The number of hydrogen-bond donors (Lipinski definition) is 1. The standard InChI is InChI=1S/C14H22N2/c1-11(2)6-5-7-13(4)16-14-10-12(3)8-9-15-14/h6,8-10,13H,5,7H2,1-4H3,(H,15,16). The minimum Gasteiger partial charge on any atom is -0.368 e. The third-order valence-corrected chi connectivity index (χ3v) is 2.46. The van der Waals surface area contributed by atoms with Crippen molar-refractivity contribution in [2.24, 2.45) is 0 Å². The monoisotopic (exact) mass is 218 g/mol. The molecule has 2 nitrogen and oxygen atoms in total. The van der Waals surface area contributed by atoms with Crippen LogP contribution in [0.15, 0.2) is 30.0 Å². The number of nitrogens with zero attached hydrogens (tertiary/aromatic N) is 1. The average molecular weight is 218 g/mol. The molecule has 0 aliphatic heterocycles.